The fraction of sp³-hybridized carbons (Fsp3) is 0.100. The average Bonchev–Trinajstić information content (AvgIpc) is 2.66. The van der Waals surface area contributed by atoms with Gasteiger partial charge in [0, 0.05) is 9.13 Å². The Kier molecular flexibility index (Phi) is 5.72. The zero-order chi connectivity index (χ0) is 18.5. The average molecular weight is 460 g/mol. The summed E-state index contributed by atoms with van der Waals surface area (Å²) in [6.45, 7) is 1.78. The number of nitrogens with one attached hydrogen (secondary N) is 2. The molecule has 26 heavy (non-hydrogen) atoms. The van der Waals surface area contributed by atoms with Crippen molar-refractivity contribution < 1.29 is 14.3 Å². The Bertz CT molecular complexity index is 972. The van der Waals surface area contributed by atoms with Gasteiger partial charge in [-0.05, 0) is 70.1 Å². The Morgan fingerprint density at radius 1 is 0.962 bits per heavy atom. The second kappa shape index (κ2) is 8.18. The second-order valence-corrected chi connectivity index (χ2v) is 6.93. The third kappa shape index (κ3) is 4.51. The fourth-order valence-electron chi connectivity index (χ4n) is 2.37. The van der Waals surface area contributed by atoms with Crippen LogP contribution in [0.15, 0.2) is 60.7 Å². The highest BCUT2D eigenvalue weighted by molar-refractivity contribution is 14.1. The van der Waals surface area contributed by atoms with Crippen LogP contribution in [0.25, 0.3) is 10.8 Å². The first-order chi connectivity index (χ1) is 12.5. The smallest absolute Gasteiger partial charge is 0.276 e. The number of benzene rings is 3. The molecular formula is C20H17IN2O3. The number of fused-ring (bicyclic) bond motifs is 1. The van der Waals surface area contributed by atoms with Crippen molar-refractivity contribution in [3.8, 4) is 5.75 Å². The second-order valence-electron chi connectivity index (χ2n) is 5.76. The van der Waals surface area contributed by atoms with E-state index in [2.05, 4.69) is 33.4 Å². The zero-order valence-corrected chi connectivity index (χ0v) is 16.2. The summed E-state index contributed by atoms with van der Waals surface area (Å²) in [6.07, 6.45) is 0. The first-order valence-electron chi connectivity index (χ1n) is 8.00. The minimum Gasteiger partial charge on any atom is -0.484 e. The molecule has 0 unspecified atom stereocenters. The quantitative estimate of drug-likeness (QED) is 0.462. The van der Waals surface area contributed by atoms with Gasteiger partial charge in [0.25, 0.3) is 11.8 Å². The van der Waals surface area contributed by atoms with Gasteiger partial charge in [-0.15, -0.1) is 0 Å². The molecule has 5 nitrogen and oxygen atoms in total. The molecule has 2 amide bonds. The molecule has 3 aromatic rings. The Morgan fingerprint density at radius 2 is 1.73 bits per heavy atom. The predicted octanol–water partition coefficient (Wildman–Crippen LogP) is 3.59. The van der Waals surface area contributed by atoms with E-state index in [9.17, 15) is 9.59 Å². The Hall–Kier alpha value is -2.61. The van der Waals surface area contributed by atoms with Crippen LogP contribution in [-0.2, 0) is 4.79 Å². The van der Waals surface area contributed by atoms with E-state index in [-0.39, 0.29) is 12.5 Å². The summed E-state index contributed by atoms with van der Waals surface area (Å²) in [6, 6.07) is 18.9. The van der Waals surface area contributed by atoms with Crippen molar-refractivity contribution in [2.75, 3.05) is 6.61 Å². The van der Waals surface area contributed by atoms with E-state index in [4.69, 9.17) is 4.74 Å². The summed E-state index contributed by atoms with van der Waals surface area (Å²) in [7, 11) is 0. The molecule has 2 N–H and O–H groups in total. The number of hydrogen-bond acceptors (Lipinski definition) is 3. The largest absolute Gasteiger partial charge is 0.484 e. The minimum atomic E-state index is -0.437. The molecule has 132 valence electrons. The Morgan fingerprint density at radius 3 is 2.50 bits per heavy atom. The molecule has 0 saturated carbocycles. The van der Waals surface area contributed by atoms with Crippen LogP contribution < -0.4 is 15.6 Å². The maximum atomic E-state index is 12.1. The highest BCUT2D eigenvalue weighted by Gasteiger charge is 2.09. The van der Waals surface area contributed by atoms with Crippen molar-refractivity contribution >= 4 is 45.2 Å². The summed E-state index contributed by atoms with van der Waals surface area (Å²) in [5.41, 5.74) is 6.32. The number of carbonyl (C=O) groups is 2. The summed E-state index contributed by atoms with van der Waals surface area (Å²) >= 11 is 2.16. The maximum absolute atomic E-state index is 12.1. The van der Waals surface area contributed by atoms with Crippen LogP contribution in [0.3, 0.4) is 0 Å². The number of halogens is 1. The van der Waals surface area contributed by atoms with Crippen LogP contribution in [0.1, 0.15) is 15.9 Å². The molecule has 0 aliphatic rings. The standard InChI is InChI=1S/C20H17IN2O3/c1-13-6-7-16(11-18(13)21)20(25)23-22-19(24)12-26-17-9-8-14-4-2-3-5-15(14)10-17/h2-11H,12H2,1H3,(H,22,24)(H,23,25). The molecule has 0 aromatic heterocycles. The molecule has 0 fully saturated rings. The van der Waals surface area contributed by atoms with E-state index in [1.165, 1.54) is 0 Å². The normalized spacial score (nSPS) is 10.4. The van der Waals surface area contributed by atoms with Gasteiger partial charge >= 0.3 is 0 Å². The van der Waals surface area contributed by atoms with Gasteiger partial charge in [-0.3, -0.25) is 20.4 Å². The third-order valence-corrected chi connectivity index (χ3v) is 5.00. The van der Waals surface area contributed by atoms with Gasteiger partial charge < -0.3 is 4.74 Å². The number of ether oxygens (including phenoxy) is 1. The lowest BCUT2D eigenvalue weighted by Gasteiger charge is -2.10. The summed E-state index contributed by atoms with van der Waals surface area (Å²) in [5, 5.41) is 2.14. The van der Waals surface area contributed by atoms with E-state index in [0.717, 1.165) is 19.9 Å². The molecule has 0 aliphatic carbocycles. The van der Waals surface area contributed by atoms with E-state index < -0.39 is 5.91 Å². The fourth-order valence-corrected chi connectivity index (χ4v) is 2.89. The highest BCUT2D eigenvalue weighted by Crippen LogP contribution is 2.20. The van der Waals surface area contributed by atoms with Gasteiger partial charge in [-0.2, -0.15) is 0 Å². The monoisotopic (exact) mass is 460 g/mol. The molecule has 0 aliphatic heterocycles. The number of hydrogen-bond donors (Lipinski definition) is 2. The van der Waals surface area contributed by atoms with Crippen molar-refractivity contribution in [1.29, 1.82) is 0 Å². The lowest BCUT2D eigenvalue weighted by atomic mass is 10.1. The molecule has 3 aromatic carbocycles. The zero-order valence-electron chi connectivity index (χ0n) is 14.1. The van der Waals surface area contributed by atoms with Crippen LogP contribution in [0, 0.1) is 10.5 Å². The summed E-state index contributed by atoms with van der Waals surface area (Å²) < 4.78 is 6.47. The maximum Gasteiger partial charge on any atom is 0.276 e. The molecule has 0 atom stereocenters. The summed E-state index contributed by atoms with van der Waals surface area (Å²) in [4.78, 5) is 23.9. The number of aryl methyl sites for hydroxylation is 1. The van der Waals surface area contributed by atoms with Crippen LogP contribution >= 0.6 is 22.6 Å². The first-order valence-corrected chi connectivity index (χ1v) is 9.08. The van der Waals surface area contributed by atoms with E-state index >= 15 is 0 Å². The van der Waals surface area contributed by atoms with Crippen LogP contribution in [-0.4, -0.2) is 18.4 Å². The molecule has 0 bridgehead atoms. The van der Waals surface area contributed by atoms with Gasteiger partial charge in [0.05, 0.1) is 0 Å². The number of carbonyl (C=O) groups excluding carboxylic acids is 2. The molecule has 3 rings (SSSR count). The first kappa shape index (κ1) is 18.2. The molecule has 0 heterocycles. The van der Waals surface area contributed by atoms with Crippen molar-refractivity contribution in [3.63, 3.8) is 0 Å². The van der Waals surface area contributed by atoms with Gasteiger partial charge in [0.1, 0.15) is 5.75 Å². The molecule has 0 radical (unpaired) electrons. The predicted molar refractivity (Wildman–Crippen MR) is 109 cm³/mol. The highest BCUT2D eigenvalue weighted by atomic mass is 127. The molecular weight excluding hydrogens is 443 g/mol. The molecule has 0 saturated heterocycles. The Balaban J connectivity index is 1.51. The van der Waals surface area contributed by atoms with Crippen molar-refractivity contribution in [3.05, 3.63) is 75.4 Å². The van der Waals surface area contributed by atoms with E-state index in [0.29, 0.717) is 11.3 Å². The lowest BCUT2D eigenvalue weighted by Crippen LogP contribution is -2.43. The van der Waals surface area contributed by atoms with Crippen molar-refractivity contribution in [2.45, 2.75) is 6.92 Å². The van der Waals surface area contributed by atoms with Gasteiger partial charge in [0.15, 0.2) is 6.61 Å². The summed E-state index contributed by atoms with van der Waals surface area (Å²) in [5.74, 6) is -0.214. The third-order valence-electron chi connectivity index (χ3n) is 3.84. The van der Waals surface area contributed by atoms with Crippen molar-refractivity contribution in [1.82, 2.24) is 10.9 Å². The van der Waals surface area contributed by atoms with Crippen molar-refractivity contribution in [2.24, 2.45) is 0 Å². The topological polar surface area (TPSA) is 67.4 Å². The van der Waals surface area contributed by atoms with Crippen LogP contribution in [0.2, 0.25) is 0 Å². The van der Waals surface area contributed by atoms with Crippen LogP contribution in [0.4, 0.5) is 0 Å². The number of rotatable bonds is 4. The molecule has 0 spiro atoms. The lowest BCUT2D eigenvalue weighted by molar-refractivity contribution is -0.123. The van der Waals surface area contributed by atoms with Gasteiger partial charge in [-0.25, -0.2) is 0 Å². The minimum absolute atomic E-state index is 0.190. The van der Waals surface area contributed by atoms with Crippen LogP contribution in [0.5, 0.6) is 5.75 Å². The number of amides is 2. The Labute approximate surface area is 164 Å². The SMILES string of the molecule is Cc1ccc(C(=O)NNC(=O)COc2ccc3ccccc3c2)cc1I. The van der Waals surface area contributed by atoms with E-state index in [1.54, 1.807) is 12.1 Å². The van der Waals surface area contributed by atoms with Gasteiger partial charge in [-0.1, -0.05) is 36.4 Å². The van der Waals surface area contributed by atoms with Gasteiger partial charge in [0.2, 0.25) is 0 Å². The number of hydrazine groups is 1. The van der Waals surface area contributed by atoms with E-state index in [1.807, 2.05) is 55.5 Å². The molecule has 6 heteroatoms.